The van der Waals surface area contributed by atoms with Crippen LogP contribution in [0, 0.1) is 11.8 Å². The normalized spacial score (nSPS) is 24.1. The van der Waals surface area contributed by atoms with Gasteiger partial charge in [0.15, 0.2) is 0 Å². The van der Waals surface area contributed by atoms with Crippen LogP contribution in [0.15, 0.2) is 40.8 Å². The molecule has 1 aliphatic carbocycles. The second-order valence-corrected chi connectivity index (χ2v) is 8.74. The summed E-state index contributed by atoms with van der Waals surface area (Å²) in [6, 6.07) is 12.0. The van der Waals surface area contributed by atoms with Gasteiger partial charge in [0.25, 0.3) is 0 Å². The summed E-state index contributed by atoms with van der Waals surface area (Å²) < 4.78 is 5.34. The van der Waals surface area contributed by atoms with Gasteiger partial charge in [-0.25, -0.2) is 4.79 Å². The Balaban J connectivity index is 1.49. The van der Waals surface area contributed by atoms with Crippen LogP contribution in [0.3, 0.4) is 0 Å². The number of furan rings is 1. The monoisotopic (exact) mass is 418 g/mol. The molecule has 5 heteroatoms. The molecule has 1 saturated carbocycles. The third kappa shape index (κ3) is 5.86. The van der Waals surface area contributed by atoms with Gasteiger partial charge in [-0.15, -0.1) is 11.6 Å². The number of aromatic carboxylic acids is 1. The Hall–Kier alpha value is -1.78. The fourth-order valence-electron chi connectivity index (χ4n) is 4.62. The largest absolute Gasteiger partial charge is 0.475 e. The lowest BCUT2D eigenvalue weighted by Crippen LogP contribution is -2.21. The van der Waals surface area contributed by atoms with E-state index in [-0.39, 0.29) is 23.2 Å². The lowest BCUT2D eigenvalue weighted by Gasteiger charge is -2.23. The summed E-state index contributed by atoms with van der Waals surface area (Å²) in [6.07, 6.45) is 6.94. The van der Waals surface area contributed by atoms with Crippen LogP contribution in [0.2, 0.25) is 0 Å². The van der Waals surface area contributed by atoms with Gasteiger partial charge in [-0.1, -0.05) is 31.2 Å². The molecule has 0 saturated heterocycles. The summed E-state index contributed by atoms with van der Waals surface area (Å²) in [4.78, 5) is 10.9. The van der Waals surface area contributed by atoms with Crippen molar-refractivity contribution in [3.63, 3.8) is 0 Å². The molecular weight excluding hydrogens is 388 g/mol. The van der Waals surface area contributed by atoms with Gasteiger partial charge in [0.2, 0.25) is 5.76 Å². The molecule has 2 N–H and O–H groups in total. The Kier molecular flexibility index (Phi) is 7.79. The number of hydrogen-bond acceptors (Lipinski definition) is 3. The SMILES string of the molecule is CCc1cccc(CCC[C@@H]2[C@@H](CCCc3ccc(C(=O)O)o3)[C@H](Cl)C[C@H]2O)c1. The zero-order valence-corrected chi connectivity index (χ0v) is 17.8. The molecule has 1 fully saturated rings. The van der Waals surface area contributed by atoms with Crippen LogP contribution in [-0.4, -0.2) is 27.7 Å². The van der Waals surface area contributed by atoms with Crippen LogP contribution in [0.5, 0.6) is 0 Å². The Morgan fingerprint density at radius 3 is 2.55 bits per heavy atom. The van der Waals surface area contributed by atoms with Crippen molar-refractivity contribution in [3.05, 3.63) is 59.0 Å². The Bertz CT molecular complexity index is 800. The van der Waals surface area contributed by atoms with Gasteiger partial charge in [0.05, 0.1) is 6.10 Å². The summed E-state index contributed by atoms with van der Waals surface area (Å²) in [5, 5.41) is 19.5. The fourth-order valence-corrected chi connectivity index (χ4v) is 5.12. The summed E-state index contributed by atoms with van der Waals surface area (Å²) in [5.74, 6) is 0.164. The van der Waals surface area contributed by atoms with Gasteiger partial charge < -0.3 is 14.6 Å². The molecule has 1 aromatic carbocycles. The second kappa shape index (κ2) is 10.3. The van der Waals surface area contributed by atoms with E-state index in [0.29, 0.717) is 24.5 Å². The van der Waals surface area contributed by atoms with E-state index in [1.165, 1.54) is 17.2 Å². The maximum absolute atomic E-state index is 10.9. The van der Waals surface area contributed by atoms with E-state index in [9.17, 15) is 9.90 Å². The third-order valence-corrected chi connectivity index (χ3v) is 6.71. The summed E-state index contributed by atoms with van der Waals surface area (Å²) in [5.41, 5.74) is 2.73. The molecule has 29 heavy (non-hydrogen) atoms. The number of hydrogen-bond donors (Lipinski definition) is 2. The van der Waals surface area contributed by atoms with Crippen molar-refractivity contribution in [2.45, 2.75) is 69.8 Å². The molecule has 0 bridgehead atoms. The Morgan fingerprint density at radius 1 is 1.10 bits per heavy atom. The molecule has 4 atom stereocenters. The molecule has 0 unspecified atom stereocenters. The molecule has 0 amide bonds. The van der Waals surface area contributed by atoms with Crippen molar-refractivity contribution in [1.82, 2.24) is 0 Å². The average molecular weight is 419 g/mol. The topological polar surface area (TPSA) is 70.7 Å². The first-order valence-electron chi connectivity index (χ1n) is 10.7. The number of aliphatic hydroxyl groups is 1. The first kappa shape index (κ1) is 21.9. The number of alkyl halides is 1. The lowest BCUT2D eigenvalue weighted by atomic mass is 9.85. The standard InChI is InChI=1S/C24H31ClO4/c1-2-16-6-3-7-17(14-16)8-4-11-20-19(21(25)15-22(20)26)10-5-9-18-12-13-23(29-18)24(27)28/h3,6-7,12-14,19-22,26H,2,4-5,8-11,15H2,1H3,(H,27,28)/t19-,20-,21-,22-/m1/s1. The number of rotatable bonds is 10. The van der Waals surface area contributed by atoms with Crippen molar-refractivity contribution in [1.29, 1.82) is 0 Å². The summed E-state index contributed by atoms with van der Waals surface area (Å²) in [6.45, 7) is 2.17. The van der Waals surface area contributed by atoms with Gasteiger partial charge in [-0.3, -0.25) is 0 Å². The number of carboxylic acid groups (broad SMARTS) is 1. The minimum absolute atomic E-state index is 0.00426. The Labute approximate surface area is 177 Å². The molecule has 1 aliphatic rings. The number of aliphatic hydroxyl groups excluding tert-OH is 1. The highest BCUT2D eigenvalue weighted by molar-refractivity contribution is 6.21. The number of carboxylic acids is 1. The highest BCUT2D eigenvalue weighted by Crippen LogP contribution is 2.41. The fraction of sp³-hybridized carbons (Fsp3) is 0.542. The summed E-state index contributed by atoms with van der Waals surface area (Å²) >= 11 is 6.57. The number of aryl methyl sites for hydroxylation is 3. The molecular formula is C24H31ClO4. The van der Waals surface area contributed by atoms with Crippen molar-refractivity contribution in [3.8, 4) is 0 Å². The van der Waals surface area contributed by atoms with Crippen LogP contribution in [0.1, 0.15) is 66.5 Å². The first-order chi connectivity index (χ1) is 14.0. The maximum atomic E-state index is 10.9. The Morgan fingerprint density at radius 2 is 1.83 bits per heavy atom. The van der Waals surface area contributed by atoms with E-state index in [2.05, 4.69) is 31.2 Å². The van der Waals surface area contributed by atoms with Crippen molar-refractivity contribution in [2.24, 2.45) is 11.8 Å². The average Bonchev–Trinajstić information content (AvgIpc) is 3.28. The summed E-state index contributed by atoms with van der Waals surface area (Å²) in [7, 11) is 0. The number of halogens is 1. The smallest absolute Gasteiger partial charge is 0.371 e. The highest BCUT2D eigenvalue weighted by Gasteiger charge is 2.40. The maximum Gasteiger partial charge on any atom is 0.371 e. The van der Waals surface area contributed by atoms with E-state index in [1.807, 2.05) is 0 Å². The van der Waals surface area contributed by atoms with Crippen molar-refractivity contribution in [2.75, 3.05) is 0 Å². The van der Waals surface area contributed by atoms with E-state index in [4.69, 9.17) is 21.1 Å². The minimum atomic E-state index is -1.04. The molecule has 3 rings (SSSR count). The van der Waals surface area contributed by atoms with Crippen LogP contribution < -0.4 is 0 Å². The lowest BCUT2D eigenvalue weighted by molar-refractivity contribution is 0.0660. The molecule has 1 aromatic heterocycles. The molecule has 0 spiro atoms. The third-order valence-electron chi connectivity index (χ3n) is 6.21. The van der Waals surface area contributed by atoms with Gasteiger partial charge in [0, 0.05) is 11.8 Å². The molecule has 0 aliphatic heterocycles. The molecule has 1 heterocycles. The molecule has 2 aromatic rings. The van der Waals surface area contributed by atoms with Gasteiger partial charge >= 0.3 is 5.97 Å². The zero-order valence-electron chi connectivity index (χ0n) is 17.0. The van der Waals surface area contributed by atoms with Gasteiger partial charge in [-0.2, -0.15) is 0 Å². The highest BCUT2D eigenvalue weighted by atomic mass is 35.5. The van der Waals surface area contributed by atoms with Crippen LogP contribution in [0.25, 0.3) is 0 Å². The van der Waals surface area contributed by atoms with Crippen LogP contribution in [0.4, 0.5) is 0 Å². The first-order valence-corrected chi connectivity index (χ1v) is 11.1. The van der Waals surface area contributed by atoms with E-state index in [0.717, 1.165) is 38.5 Å². The molecule has 0 radical (unpaired) electrons. The quantitative estimate of drug-likeness (QED) is 0.500. The van der Waals surface area contributed by atoms with Crippen molar-refractivity contribution >= 4 is 17.6 Å². The van der Waals surface area contributed by atoms with E-state index in [1.54, 1.807) is 6.07 Å². The van der Waals surface area contributed by atoms with Crippen molar-refractivity contribution < 1.29 is 19.4 Å². The van der Waals surface area contributed by atoms with Crippen LogP contribution >= 0.6 is 11.6 Å². The minimum Gasteiger partial charge on any atom is -0.475 e. The van der Waals surface area contributed by atoms with Gasteiger partial charge in [0.1, 0.15) is 5.76 Å². The predicted molar refractivity (Wildman–Crippen MR) is 115 cm³/mol. The second-order valence-electron chi connectivity index (χ2n) is 8.18. The molecule has 158 valence electrons. The van der Waals surface area contributed by atoms with E-state index >= 15 is 0 Å². The van der Waals surface area contributed by atoms with E-state index < -0.39 is 5.97 Å². The van der Waals surface area contributed by atoms with Gasteiger partial charge in [-0.05, 0) is 80.0 Å². The predicted octanol–water partition coefficient (Wildman–Crippen LogP) is 5.49. The number of benzene rings is 1. The number of carbonyl (C=O) groups is 1. The molecule has 4 nitrogen and oxygen atoms in total. The zero-order chi connectivity index (χ0) is 20.8. The van der Waals surface area contributed by atoms with Crippen LogP contribution in [-0.2, 0) is 19.3 Å².